The van der Waals surface area contributed by atoms with Crippen molar-refractivity contribution in [3.05, 3.63) is 42.1 Å². The van der Waals surface area contributed by atoms with E-state index in [9.17, 15) is 4.79 Å². The Labute approximate surface area is 182 Å². The first kappa shape index (κ1) is 19.0. The van der Waals surface area contributed by atoms with Crippen LogP contribution in [-0.2, 0) is 0 Å². The van der Waals surface area contributed by atoms with Crippen molar-refractivity contribution in [1.82, 2.24) is 29.5 Å². The second-order valence-corrected chi connectivity index (χ2v) is 8.54. The van der Waals surface area contributed by atoms with Crippen LogP contribution in [0.5, 0.6) is 5.88 Å². The second kappa shape index (κ2) is 6.91. The maximum Gasteiger partial charge on any atom is 0.254 e. The van der Waals surface area contributed by atoms with E-state index in [-0.39, 0.29) is 11.8 Å². The van der Waals surface area contributed by atoms with E-state index in [2.05, 4.69) is 25.8 Å². The number of carbonyl (C=O) groups is 1. The number of methoxy groups -OCH3 is 1. The summed E-state index contributed by atoms with van der Waals surface area (Å²) >= 11 is 0. The van der Waals surface area contributed by atoms with Gasteiger partial charge in [-0.3, -0.25) is 4.79 Å². The first-order chi connectivity index (χ1) is 15.6. The fourth-order valence-corrected chi connectivity index (χ4v) is 4.96. The van der Waals surface area contributed by atoms with Gasteiger partial charge in [-0.2, -0.15) is 10.1 Å². The number of hydrogen-bond donors (Lipinski definition) is 2. The molecule has 0 saturated heterocycles. The fraction of sp³-hybridized carbons (Fsp3) is 0.364. The van der Waals surface area contributed by atoms with E-state index in [0.29, 0.717) is 39.7 Å². The third-order valence-corrected chi connectivity index (χ3v) is 6.60. The van der Waals surface area contributed by atoms with Gasteiger partial charge in [-0.15, -0.1) is 5.10 Å². The van der Waals surface area contributed by atoms with Crippen molar-refractivity contribution < 1.29 is 13.9 Å². The molecule has 164 valence electrons. The molecule has 4 heterocycles. The van der Waals surface area contributed by atoms with Gasteiger partial charge in [0.25, 0.3) is 5.91 Å². The van der Waals surface area contributed by atoms with Crippen LogP contribution in [0.2, 0.25) is 0 Å². The van der Waals surface area contributed by atoms with Crippen molar-refractivity contribution in [3.8, 4) is 17.0 Å². The van der Waals surface area contributed by atoms with E-state index >= 15 is 4.39 Å². The zero-order valence-corrected chi connectivity index (χ0v) is 17.7. The topological polar surface area (TPSA) is 97.9 Å². The van der Waals surface area contributed by atoms with Crippen LogP contribution in [0.15, 0.2) is 30.7 Å². The zero-order chi connectivity index (χ0) is 22.0. The number of aromatic nitrogens is 5. The first-order valence-electron chi connectivity index (χ1n) is 10.6. The van der Waals surface area contributed by atoms with Gasteiger partial charge in [-0.25, -0.2) is 13.4 Å². The first-order valence-corrected chi connectivity index (χ1v) is 10.6. The van der Waals surface area contributed by atoms with Crippen molar-refractivity contribution in [1.29, 1.82) is 0 Å². The lowest BCUT2D eigenvalue weighted by Gasteiger charge is -2.15. The molecule has 2 unspecified atom stereocenters. The Kier molecular flexibility index (Phi) is 4.11. The largest absolute Gasteiger partial charge is 0.479 e. The van der Waals surface area contributed by atoms with Crippen LogP contribution in [-0.4, -0.2) is 50.3 Å². The third kappa shape index (κ3) is 2.89. The minimum Gasteiger partial charge on any atom is -0.479 e. The molecular weight excluding hydrogens is 413 g/mol. The van der Waals surface area contributed by atoms with Crippen molar-refractivity contribution in [2.45, 2.75) is 25.3 Å². The maximum atomic E-state index is 15.2. The van der Waals surface area contributed by atoms with Gasteiger partial charge in [-0.05, 0) is 48.8 Å². The van der Waals surface area contributed by atoms with E-state index in [1.807, 2.05) is 0 Å². The van der Waals surface area contributed by atoms with Crippen LogP contribution < -0.4 is 15.4 Å². The molecule has 2 aliphatic carbocycles. The molecule has 0 radical (unpaired) electrons. The Morgan fingerprint density at radius 1 is 1.25 bits per heavy atom. The van der Waals surface area contributed by atoms with Gasteiger partial charge in [0.15, 0.2) is 5.82 Å². The Hall–Kier alpha value is -3.69. The van der Waals surface area contributed by atoms with Crippen LogP contribution in [0.25, 0.3) is 22.2 Å². The molecular formula is C22H22FN7O2. The van der Waals surface area contributed by atoms with Gasteiger partial charge < -0.3 is 15.4 Å². The molecule has 2 fully saturated rings. The number of pyridine rings is 1. The van der Waals surface area contributed by atoms with E-state index in [1.165, 1.54) is 30.4 Å². The molecule has 6 rings (SSSR count). The highest BCUT2D eigenvalue weighted by Gasteiger charge is 2.46. The molecule has 2 saturated carbocycles. The summed E-state index contributed by atoms with van der Waals surface area (Å²) in [7, 11) is 3.06. The van der Waals surface area contributed by atoms with Crippen molar-refractivity contribution in [2.75, 3.05) is 19.5 Å². The number of fused-ring (bicyclic) bond motifs is 3. The van der Waals surface area contributed by atoms with Gasteiger partial charge >= 0.3 is 0 Å². The van der Waals surface area contributed by atoms with Gasteiger partial charge in [0.2, 0.25) is 11.8 Å². The number of nitrogens with one attached hydrogen (secondary N) is 2. The normalized spacial score (nSPS) is 21.7. The fourth-order valence-electron chi connectivity index (χ4n) is 4.96. The maximum absolute atomic E-state index is 15.2. The molecule has 0 spiro atoms. The summed E-state index contributed by atoms with van der Waals surface area (Å²) in [5.74, 6) is 1.64. The summed E-state index contributed by atoms with van der Waals surface area (Å²) < 4.78 is 23.8. The SMILES string of the molecule is CNC(=O)c1cnn2ccc(-c3c(F)cn4nc(NC5CC6CC6C5)nc(OC)c34)cc12. The highest BCUT2D eigenvalue weighted by Crippen LogP contribution is 2.52. The number of halogens is 1. The number of nitrogens with zero attached hydrogens (tertiary/aromatic N) is 5. The molecule has 9 nitrogen and oxygen atoms in total. The monoisotopic (exact) mass is 435 g/mol. The second-order valence-electron chi connectivity index (χ2n) is 8.54. The van der Waals surface area contributed by atoms with Crippen LogP contribution in [0.4, 0.5) is 10.3 Å². The Morgan fingerprint density at radius 3 is 2.81 bits per heavy atom. The van der Waals surface area contributed by atoms with Gasteiger partial charge in [0, 0.05) is 19.3 Å². The zero-order valence-electron chi connectivity index (χ0n) is 17.7. The number of hydrogen-bond acceptors (Lipinski definition) is 6. The summed E-state index contributed by atoms with van der Waals surface area (Å²) in [4.78, 5) is 16.7. The lowest BCUT2D eigenvalue weighted by molar-refractivity contribution is 0.0964. The third-order valence-electron chi connectivity index (χ3n) is 6.60. The summed E-state index contributed by atoms with van der Waals surface area (Å²) in [6, 6.07) is 3.81. The molecule has 4 aromatic rings. The van der Waals surface area contributed by atoms with Crippen molar-refractivity contribution in [2.24, 2.45) is 11.8 Å². The molecule has 0 aliphatic heterocycles. The summed E-state index contributed by atoms with van der Waals surface area (Å²) in [5, 5.41) is 14.7. The molecule has 2 atom stereocenters. The predicted octanol–water partition coefficient (Wildman–Crippen LogP) is 2.76. The van der Waals surface area contributed by atoms with E-state index in [0.717, 1.165) is 24.7 Å². The summed E-state index contributed by atoms with van der Waals surface area (Å²) in [6.07, 6.45) is 8.08. The van der Waals surface area contributed by atoms with E-state index in [1.54, 1.807) is 29.9 Å². The molecule has 4 aromatic heterocycles. The molecule has 2 N–H and O–H groups in total. The molecule has 32 heavy (non-hydrogen) atoms. The van der Waals surface area contributed by atoms with Crippen LogP contribution in [0.3, 0.4) is 0 Å². The lowest BCUT2D eigenvalue weighted by Crippen LogP contribution is -2.19. The quantitative estimate of drug-likeness (QED) is 0.500. The van der Waals surface area contributed by atoms with Crippen molar-refractivity contribution in [3.63, 3.8) is 0 Å². The molecule has 10 heteroatoms. The summed E-state index contributed by atoms with van der Waals surface area (Å²) in [5.41, 5.74) is 2.28. The Bertz CT molecular complexity index is 1370. The van der Waals surface area contributed by atoms with Gasteiger partial charge in [-0.1, -0.05) is 0 Å². The van der Waals surface area contributed by atoms with Gasteiger partial charge in [0.05, 0.1) is 36.1 Å². The predicted molar refractivity (Wildman–Crippen MR) is 115 cm³/mol. The average Bonchev–Trinajstić information content (AvgIpc) is 3.12. The number of anilines is 1. The highest BCUT2D eigenvalue weighted by molar-refractivity contribution is 6.01. The number of amides is 1. The van der Waals surface area contributed by atoms with Crippen LogP contribution >= 0.6 is 0 Å². The molecule has 0 aromatic carbocycles. The average molecular weight is 435 g/mol. The minimum atomic E-state index is -0.456. The van der Waals surface area contributed by atoms with E-state index < -0.39 is 5.82 Å². The number of carbonyl (C=O) groups excluding carboxylic acids is 1. The van der Waals surface area contributed by atoms with Gasteiger partial charge in [0.1, 0.15) is 5.52 Å². The highest BCUT2D eigenvalue weighted by atomic mass is 19.1. The Morgan fingerprint density at radius 2 is 2.06 bits per heavy atom. The molecule has 1 amide bonds. The van der Waals surface area contributed by atoms with Crippen molar-refractivity contribution >= 4 is 22.9 Å². The number of rotatable bonds is 5. The number of ether oxygens (including phenoxy) is 1. The molecule has 2 aliphatic rings. The van der Waals surface area contributed by atoms with E-state index in [4.69, 9.17) is 4.74 Å². The standard InChI is InChI=1S/C22H22FN7O2/c1-24-20(31)15-9-25-29-4-3-11(8-17(15)29)18-16(23)10-30-19(18)21(32-2)27-22(28-30)26-14-6-12-5-13(12)7-14/h3-4,8-10,12-14H,5-7H2,1-2H3,(H,24,31)(H,26,28). The van der Waals surface area contributed by atoms with Crippen LogP contribution in [0, 0.1) is 17.7 Å². The molecule has 0 bridgehead atoms. The lowest BCUT2D eigenvalue weighted by atomic mass is 10.1. The Balaban J connectivity index is 1.44. The smallest absolute Gasteiger partial charge is 0.254 e. The minimum absolute atomic E-state index is 0.263. The summed E-state index contributed by atoms with van der Waals surface area (Å²) in [6.45, 7) is 0. The van der Waals surface area contributed by atoms with Crippen LogP contribution in [0.1, 0.15) is 29.6 Å².